The highest BCUT2D eigenvalue weighted by molar-refractivity contribution is 7.10. The molecule has 0 bridgehead atoms. The van der Waals surface area contributed by atoms with Crippen LogP contribution in [-0.4, -0.2) is 73.5 Å². The number of nitrogens with zero attached hydrogens (tertiary/aromatic N) is 3. The molecule has 1 atom stereocenters. The van der Waals surface area contributed by atoms with E-state index in [1.807, 2.05) is 23.9 Å². The molecule has 2 aliphatic heterocycles. The molecule has 1 saturated heterocycles. The Hall–Kier alpha value is -1.31. The maximum atomic E-state index is 12.9. The number of halogens is 1. The summed E-state index contributed by atoms with van der Waals surface area (Å²) in [5, 5.41) is 5.17. The van der Waals surface area contributed by atoms with Crippen LogP contribution in [0.5, 0.6) is 0 Å². The van der Waals surface area contributed by atoms with Gasteiger partial charge in [0.2, 0.25) is 5.91 Å². The molecule has 0 aliphatic carbocycles. The molecule has 146 valence electrons. The third-order valence-corrected chi connectivity index (χ3v) is 6.22. The SMILES string of the molecule is CNCCN(C)C(=O)C1CCCN(C(=O)N2CCc3sccc3C2)C1.Cl. The molecular weight excluding hydrogens is 372 g/mol. The van der Waals surface area contributed by atoms with Crippen molar-refractivity contribution in [2.24, 2.45) is 5.92 Å². The van der Waals surface area contributed by atoms with E-state index in [1.54, 1.807) is 16.2 Å². The van der Waals surface area contributed by atoms with Crippen LogP contribution in [0.2, 0.25) is 0 Å². The van der Waals surface area contributed by atoms with Gasteiger partial charge in [0, 0.05) is 51.2 Å². The van der Waals surface area contributed by atoms with Crippen molar-refractivity contribution in [3.63, 3.8) is 0 Å². The van der Waals surface area contributed by atoms with Gasteiger partial charge in [0.1, 0.15) is 0 Å². The van der Waals surface area contributed by atoms with E-state index < -0.39 is 0 Å². The van der Waals surface area contributed by atoms with Gasteiger partial charge in [-0.3, -0.25) is 4.79 Å². The van der Waals surface area contributed by atoms with Crippen LogP contribution >= 0.6 is 23.7 Å². The standard InChI is InChI=1S/C18H28N4O2S.ClH/c1-19-7-10-20(2)17(23)15-4-3-8-21(13-15)18(24)22-9-5-16-14(12-22)6-11-25-16;/h6,11,15,19H,3-5,7-10,12-13H2,1-2H3;1H. The van der Waals surface area contributed by atoms with Crippen LogP contribution in [0.15, 0.2) is 11.4 Å². The predicted molar refractivity (Wildman–Crippen MR) is 107 cm³/mol. The zero-order chi connectivity index (χ0) is 17.8. The van der Waals surface area contributed by atoms with Crippen molar-refractivity contribution in [1.82, 2.24) is 20.0 Å². The van der Waals surface area contributed by atoms with Crippen LogP contribution in [0.4, 0.5) is 4.79 Å². The Morgan fingerprint density at radius 1 is 1.35 bits per heavy atom. The molecule has 3 heterocycles. The lowest BCUT2D eigenvalue weighted by Gasteiger charge is -2.38. The van der Waals surface area contributed by atoms with Gasteiger partial charge in [0.15, 0.2) is 0 Å². The second kappa shape index (κ2) is 9.58. The van der Waals surface area contributed by atoms with Crippen LogP contribution in [-0.2, 0) is 17.8 Å². The summed E-state index contributed by atoms with van der Waals surface area (Å²) in [6, 6.07) is 2.21. The number of piperidine rings is 1. The number of hydrogen-bond donors (Lipinski definition) is 1. The number of nitrogens with one attached hydrogen (secondary N) is 1. The van der Waals surface area contributed by atoms with Gasteiger partial charge in [-0.15, -0.1) is 23.7 Å². The molecule has 8 heteroatoms. The smallest absolute Gasteiger partial charge is 0.320 e. The molecule has 0 spiro atoms. The van der Waals surface area contributed by atoms with Gasteiger partial charge in [0.25, 0.3) is 0 Å². The van der Waals surface area contributed by atoms with E-state index in [0.717, 1.165) is 38.9 Å². The number of likely N-dealkylation sites (tertiary alicyclic amines) is 1. The highest BCUT2D eigenvalue weighted by Crippen LogP contribution is 2.26. The lowest BCUT2D eigenvalue weighted by Crippen LogP contribution is -2.51. The Morgan fingerprint density at radius 3 is 2.92 bits per heavy atom. The molecule has 1 N–H and O–H groups in total. The molecule has 0 radical (unpaired) electrons. The number of amides is 3. The molecule has 1 aromatic heterocycles. The first kappa shape index (κ1) is 21.0. The number of hydrogen-bond acceptors (Lipinski definition) is 4. The Kier molecular flexibility index (Phi) is 7.73. The zero-order valence-corrected chi connectivity index (χ0v) is 17.2. The van der Waals surface area contributed by atoms with Gasteiger partial charge in [0.05, 0.1) is 5.92 Å². The minimum atomic E-state index is -0.0685. The molecule has 1 fully saturated rings. The lowest BCUT2D eigenvalue weighted by atomic mass is 9.96. The second-order valence-corrected chi connectivity index (χ2v) is 7.97. The maximum absolute atomic E-state index is 12.9. The number of carbonyl (C=O) groups is 2. The van der Waals surface area contributed by atoms with Crippen molar-refractivity contribution in [3.05, 3.63) is 21.9 Å². The van der Waals surface area contributed by atoms with E-state index in [9.17, 15) is 9.59 Å². The third-order valence-electron chi connectivity index (χ3n) is 5.19. The normalized spacial score (nSPS) is 19.5. The first-order valence-electron chi connectivity index (χ1n) is 9.09. The van der Waals surface area contributed by atoms with Crippen molar-refractivity contribution in [2.75, 3.05) is 46.8 Å². The molecule has 0 aromatic carbocycles. The van der Waals surface area contributed by atoms with Gasteiger partial charge in [-0.05, 0) is 43.3 Å². The molecule has 3 rings (SSSR count). The van der Waals surface area contributed by atoms with Crippen molar-refractivity contribution in [2.45, 2.75) is 25.8 Å². The molecular formula is C18H29ClN4O2S. The van der Waals surface area contributed by atoms with Crippen LogP contribution in [0.25, 0.3) is 0 Å². The molecule has 26 heavy (non-hydrogen) atoms. The first-order valence-corrected chi connectivity index (χ1v) is 9.96. The van der Waals surface area contributed by atoms with Crippen LogP contribution in [0, 0.1) is 5.92 Å². The van der Waals surface area contributed by atoms with Crippen LogP contribution < -0.4 is 5.32 Å². The number of carbonyl (C=O) groups excluding carboxylic acids is 2. The fourth-order valence-corrected chi connectivity index (χ4v) is 4.56. The minimum Gasteiger partial charge on any atom is -0.344 e. The fourth-order valence-electron chi connectivity index (χ4n) is 3.67. The highest BCUT2D eigenvalue weighted by atomic mass is 35.5. The average Bonchev–Trinajstić information content (AvgIpc) is 3.12. The average molecular weight is 401 g/mol. The van der Waals surface area contributed by atoms with Crippen molar-refractivity contribution >= 4 is 35.7 Å². The minimum absolute atomic E-state index is 0. The molecule has 0 saturated carbocycles. The Balaban J connectivity index is 0.00000243. The largest absolute Gasteiger partial charge is 0.344 e. The Morgan fingerprint density at radius 2 is 2.15 bits per heavy atom. The highest BCUT2D eigenvalue weighted by Gasteiger charge is 2.33. The third kappa shape index (κ3) is 4.69. The quantitative estimate of drug-likeness (QED) is 0.841. The summed E-state index contributed by atoms with van der Waals surface area (Å²) in [5.41, 5.74) is 1.28. The first-order chi connectivity index (χ1) is 12.1. The number of likely N-dealkylation sites (N-methyl/N-ethyl adjacent to an activating group) is 2. The van der Waals surface area contributed by atoms with E-state index in [2.05, 4.69) is 16.8 Å². The van der Waals surface area contributed by atoms with Crippen molar-refractivity contribution < 1.29 is 9.59 Å². The van der Waals surface area contributed by atoms with Crippen LogP contribution in [0.1, 0.15) is 23.3 Å². The van der Waals surface area contributed by atoms with Gasteiger partial charge >= 0.3 is 6.03 Å². The molecule has 6 nitrogen and oxygen atoms in total. The fraction of sp³-hybridized carbons (Fsp3) is 0.667. The molecule has 1 aromatic rings. The predicted octanol–water partition coefficient (Wildman–Crippen LogP) is 2.04. The topological polar surface area (TPSA) is 55.9 Å². The maximum Gasteiger partial charge on any atom is 0.320 e. The lowest BCUT2D eigenvalue weighted by molar-refractivity contribution is -0.135. The summed E-state index contributed by atoms with van der Waals surface area (Å²) >= 11 is 1.78. The van der Waals surface area contributed by atoms with Gasteiger partial charge in [-0.1, -0.05) is 0 Å². The van der Waals surface area contributed by atoms with E-state index in [4.69, 9.17) is 0 Å². The van der Waals surface area contributed by atoms with Gasteiger partial charge in [-0.25, -0.2) is 4.79 Å². The molecule has 1 unspecified atom stereocenters. The summed E-state index contributed by atoms with van der Waals surface area (Å²) < 4.78 is 0. The van der Waals surface area contributed by atoms with Crippen molar-refractivity contribution in [3.8, 4) is 0 Å². The number of rotatable bonds is 4. The molecule has 2 aliphatic rings. The number of thiophene rings is 1. The molecule has 3 amide bonds. The summed E-state index contributed by atoms with van der Waals surface area (Å²) in [5.74, 6) is 0.0903. The Labute approximate surface area is 165 Å². The summed E-state index contributed by atoms with van der Waals surface area (Å²) in [6.07, 6.45) is 2.72. The van der Waals surface area contributed by atoms with E-state index >= 15 is 0 Å². The van der Waals surface area contributed by atoms with E-state index in [0.29, 0.717) is 19.6 Å². The Bertz CT molecular complexity index is 624. The number of fused-ring (bicyclic) bond motifs is 1. The zero-order valence-electron chi connectivity index (χ0n) is 15.6. The van der Waals surface area contributed by atoms with Crippen molar-refractivity contribution in [1.29, 1.82) is 0 Å². The number of urea groups is 1. The second-order valence-electron chi connectivity index (χ2n) is 6.97. The van der Waals surface area contributed by atoms with Gasteiger partial charge < -0.3 is 20.0 Å². The monoisotopic (exact) mass is 400 g/mol. The summed E-state index contributed by atoms with van der Waals surface area (Å²) in [7, 11) is 3.74. The van der Waals surface area contributed by atoms with E-state index in [1.165, 1.54) is 10.4 Å². The summed E-state index contributed by atoms with van der Waals surface area (Å²) in [6.45, 7) is 4.28. The van der Waals surface area contributed by atoms with Gasteiger partial charge in [-0.2, -0.15) is 0 Å². The van der Waals surface area contributed by atoms with E-state index in [-0.39, 0.29) is 30.3 Å². The van der Waals surface area contributed by atoms with Crippen LogP contribution in [0.3, 0.4) is 0 Å². The summed E-state index contributed by atoms with van der Waals surface area (Å²) in [4.78, 5) is 32.6.